The van der Waals surface area contributed by atoms with Crippen LogP contribution in [0.25, 0.3) is 0 Å². The minimum Gasteiger partial charge on any atom is -0.496 e. The third-order valence-electron chi connectivity index (χ3n) is 3.21. The molecule has 0 saturated heterocycles. The summed E-state index contributed by atoms with van der Waals surface area (Å²) in [4.78, 5) is 11.8. The van der Waals surface area contributed by atoms with E-state index < -0.39 is 5.91 Å². The molecule has 0 aliphatic rings. The molecule has 24 heavy (non-hydrogen) atoms. The highest BCUT2D eigenvalue weighted by molar-refractivity contribution is 6.01. The minimum absolute atomic E-state index is 0.235. The van der Waals surface area contributed by atoms with E-state index in [1.807, 2.05) is 30.3 Å². The SMILES string of the molecule is COc1ccccc1/C(C)=N\NC(=O)COc1ccccc1C#N. The van der Waals surface area contributed by atoms with E-state index in [4.69, 9.17) is 14.7 Å². The first kappa shape index (κ1) is 17.0. The number of amides is 1. The molecule has 0 bridgehead atoms. The molecule has 1 amide bonds. The zero-order valence-electron chi connectivity index (χ0n) is 13.4. The molecular formula is C18H17N3O3. The van der Waals surface area contributed by atoms with Gasteiger partial charge in [0.2, 0.25) is 0 Å². The molecule has 6 heteroatoms. The number of rotatable bonds is 6. The van der Waals surface area contributed by atoms with Gasteiger partial charge in [0.05, 0.1) is 18.4 Å². The first-order valence-electron chi connectivity index (χ1n) is 7.24. The number of nitrogens with one attached hydrogen (secondary N) is 1. The van der Waals surface area contributed by atoms with E-state index in [2.05, 4.69) is 10.5 Å². The number of hydrogen-bond acceptors (Lipinski definition) is 5. The van der Waals surface area contributed by atoms with Crippen molar-refractivity contribution in [3.63, 3.8) is 0 Å². The van der Waals surface area contributed by atoms with Gasteiger partial charge in [0.15, 0.2) is 6.61 Å². The van der Waals surface area contributed by atoms with Crippen molar-refractivity contribution < 1.29 is 14.3 Å². The van der Waals surface area contributed by atoms with Crippen molar-refractivity contribution in [2.75, 3.05) is 13.7 Å². The molecule has 0 saturated carbocycles. The second-order valence-corrected chi connectivity index (χ2v) is 4.83. The predicted molar refractivity (Wildman–Crippen MR) is 90.0 cm³/mol. The van der Waals surface area contributed by atoms with Gasteiger partial charge < -0.3 is 9.47 Å². The van der Waals surface area contributed by atoms with Gasteiger partial charge in [0, 0.05) is 5.56 Å². The molecular weight excluding hydrogens is 306 g/mol. The normalized spacial score (nSPS) is 10.6. The fourth-order valence-electron chi connectivity index (χ4n) is 2.01. The second kappa shape index (κ2) is 8.34. The molecule has 0 aliphatic carbocycles. The van der Waals surface area contributed by atoms with E-state index in [0.29, 0.717) is 22.8 Å². The fraction of sp³-hybridized carbons (Fsp3) is 0.167. The van der Waals surface area contributed by atoms with Gasteiger partial charge >= 0.3 is 0 Å². The summed E-state index contributed by atoms with van der Waals surface area (Å²) in [6.45, 7) is 1.53. The molecule has 0 radical (unpaired) electrons. The Morgan fingerprint density at radius 3 is 2.54 bits per heavy atom. The Bertz CT molecular complexity index is 794. The molecule has 2 aromatic carbocycles. The molecule has 2 aromatic rings. The topological polar surface area (TPSA) is 83.7 Å². The minimum atomic E-state index is -0.419. The van der Waals surface area contributed by atoms with Crippen LogP contribution in [0, 0.1) is 11.3 Å². The van der Waals surface area contributed by atoms with Crippen LogP contribution in [0.5, 0.6) is 11.5 Å². The standard InChI is InChI=1S/C18H17N3O3/c1-13(15-8-4-6-10-17(15)23-2)20-21-18(22)12-24-16-9-5-3-7-14(16)11-19/h3-10H,12H2,1-2H3,(H,21,22)/b20-13-. The van der Waals surface area contributed by atoms with Crippen LogP contribution < -0.4 is 14.9 Å². The highest BCUT2D eigenvalue weighted by Crippen LogP contribution is 2.18. The van der Waals surface area contributed by atoms with E-state index in [1.54, 1.807) is 38.3 Å². The predicted octanol–water partition coefficient (Wildman–Crippen LogP) is 2.49. The number of carbonyl (C=O) groups is 1. The van der Waals surface area contributed by atoms with Crippen molar-refractivity contribution in [1.82, 2.24) is 5.43 Å². The van der Waals surface area contributed by atoms with Crippen molar-refractivity contribution >= 4 is 11.6 Å². The van der Waals surface area contributed by atoms with Gasteiger partial charge in [0.25, 0.3) is 5.91 Å². The lowest BCUT2D eigenvalue weighted by molar-refractivity contribution is -0.123. The van der Waals surface area contributed by atoms with Gasteiger partial charge in [-0.15, -0.1) is 0 Å². The summed E-state index contributed by atoms with van der Waals surface area (Å²) in [6, 6.07) is 16.1. The first-order valence-corrected chi connectivity index (χ1v) is 7.24. The molecule has 0 fully saturated rings. The number of methoxy groups -OCH3 is 1. The van der Waals surface area contributed by atoms with Crippen LogP contribution in [0.4, 0.5) is 0 Å². The highest BCUT2D eigenvalue weighted by atomic mass is 16.5. The summed E-state index contributed by atoms with van der Waals surface area (Å²) >= 11 is 0. The maximum Gasteiger partial charge on any atom is 0.277 e. The number of nitrogens with zero attached hydrogens (tertiary/aromatic N) is 2. The van der Waals surface area contributed by atoms with Crippen LogP contribution >= 0.6 is 0 Å². The summed E-state index contributed by atoms with van der Waals surface area (Å²) in [5.74, 6) is 0.616. The lowest BCUT2D eigenvalue weighted by Gasteiger charge is -2.09. The van der Waals surface area contributed by atoms with Crippen LogP contribution in [0.1, 0.15) is 18.1 Å². The van der Waals surface area contributed by atoms with Crippen LogP contribution in [-0.2, 0) is 4.79 Å². The summed E-state index contributed by atoms with van der Waals surface area (Å²) in [7, 11) is 1.57. The summed E-state index contributed by atoms with van der Waals surface area (Å²) in [5, 5.41) is 13.0. The van der Waals surface area contributed by atoms with E-state index in [0.717, 1.165) is 5.56 Å². The largest absolute Gasteiger partial charge is 0.496 e. The zero-order valence-corrected chi connectivity index (χ0v) is 13.4. The highest BCUT2D eigenvalue weighted by Gasteiger charge is 2.08. The smallest absolute Gasteiger partial charge is 0.277 e. The summed E-state index contributed by atoms with van der Waals surface area (Å²) < 4.78 is 10.6. The first-order chi connectivity index (χ1) is 11.7. The van der Waals surface area contributed by atoms with E-state index in [1.165, 1.54) is 0 Å². The van der Waals surface area contributed by atoms with Crippen LogP contribution in [0.2, 0.25) is 0 Å². The molecule has 1 N–H and O–H groups in total. The molecule has 2 rings (SSSR count). The van der Waals surface area contributed by atoms with Gasteiger partial charge in [-0.3, -0.25) is 4.79 Å². The Morgan fingerprint density at radius 1 is 1.17 bits per heavy atom. The van der Waals surface area contributed by atoms with E-state index in [9.17, 15) is 4.79 Å². The number of ether oxygens (including phenoxy) is 2. The molecule has 0 unspecified atom stereocenters. The molecule has 6 nitrogen and oxygen atoms in total. The summed E-state index contributed by atoms with van der Waals surface area (Å²) in [5.41, 5.74) is 4.20. The number of carbonyl (C=O) groups excluding carboxylic acids is 1. The van der Waals surface area contributed by atoms with E-state index >= 15 is 0 Å². The number of benzene rings is 2. The molecule has 122 valence electrons. The van der Waals surface area contributed by atoms with Gasteiger partial charge in [-0.1, -0.05) is 24.3 Å². The third-order valence-corrected chi connectivity index (χ3v) is 3.21. The van der Waals surface area contributed by atoms with Crippen molar-refractivity contribution in [2.45, 2.75) is 6.92 Å². The zero-order chi connectivity index (χ0) is 17.4. The van der Waals surface area contributed by atoms with Crippen molar-refractivity contribution in [3.8, 4) is 17.6 Å². The Hall–Kier alpha value is -3.33. The van der Waals surface area contributed by atoms with Crippen LogP contribution in [0.15, 0.2) is 53.6 Å². The molecule has 0 aliphatic heterocycles. The average Bonchev–Trinajstić information content (AvgIpc) is 2.64. The lowest BCUT2D eigenvalue weighted by Crippen LogP contribution is -2.25. The Balaban J connectivity index is 1.96. The monoisotopic (exact) mass is 323 g/mol. The summed E-state index contributed by atoms with van der Waals surface area (Å²) in [6.07, 6.45) is 0. The van der Waals surface area contributed by atoms with E-state index in [-0.39, 0.29) is 6.61 Å². The molecule has 0 atom stereocenters. The van der Waals surface area contributed by atoms with Crippen molar-refractivity contribution in [2.24, 2.45) is 5.10 Å². The average molecular weight is 323 g/mol. The maximum atomic E-state index is 11.8. The number of para-hydroxylation sites is 2. The van der Waals surface area contributed by atoms with Crippen molar-refractivity contribution in [1.29, 1.82) is 5.26 Å². The quantitative estimate of drug-likeness (QED) is 0.654. The van der Waals surface area contributed by atoms with Gasteiger partial charge in [-0.2, -0.15) is 10.4 Å². The number of nitriles is 1. The number of hydrazone groups is 1. The van der Waals surface area contributed by atoms with Gasteiger partial charge in [-0.05, 0) is 31.2 Å². The lowest BCUT2D eigenvalue weighted by atomic mass is 10.1. The third kappa shape index (κ3) is 4.34. The van der Waals surface area contributed by atoms with Crippen molar-refractivity contribution in [3.05, 3.63) is 59.7 Å². The Labute approximate surface area is 140 Å². The number of hydrogen-bond donors (Lipinski definition) is 1. The maximum absolute atomic E-state index is 11.8. The molecule has 0 heterocycles. The molecule has 0 spiro atoms. The van der Waals surface area contributed by atoms with Crippen LogP contribution in [-0.4, -0.2) is 25.3 Å². The van der Waals surface area contributed by atoms with Crippen LogP contribution in [0.3, 0.4) is 0 Å². The van der Waals surface area contributed by atoms with Gasteiger partial charge in [0.1, 0.15) is 17.6 Å². The van der Waals surface area contributed by atoms with Gasteiger partial charge in [-0.25, -0.2) is 5.43 Å². The second-order valence-electron chi connectivity index (χ2n) is 4.83. The Kier molecular flexibility index (Phi) is 5.92. The Morgan fingerprint density at radius 2 is 1.83 bits per heavy atom. The molecule has 0 aromatic heterocycles. The fourth-order valence-corrected chi connectivity index (χ4v) is 2.01.